The van der Waals surface area contributed by atoms with Crippen LogP contribution in [-0.4, -0.2) is 11.7 Å². The van der Waals surface area contributed by atoms with Crippen LogP contribution in [0, 0.1) is 0 Å². The molecule has 2 rings (SSSR count). The maximum atomic E-state index is 8.82. The van der Waals surface area contributed by atoms with Crippen LogP contribution in [-0.2, 0) is 13.0 Å². The van der Waals surface area contributed by atoms with Crippen molar-refractivity contribution in [3.05, 3.63) is 66.0 Å². The summed E-state index contributed by atoms with van der Waals surface area (Å²) in [5.41, 5.74) is 2.47. The van der Waals surface area contributed by atoms with Gasteiger partial charge < -0.3 is 22.1 Å². The van der Waals surface area contributed by atoms with Crippen molar-refractivity contribution in [3.63, 3.8) is 0 Å². The molecule has 0 atom stereocenters. The van der Waals surface area contributed by atoms with E-state index in [4.69, 9.17) is 5.11 Å². The van der Waals surface area contributed by atoms with Crippen molar-refractivity contribution in [3.8, 4) is 0 Å². The van der Waals surface area contributed by atoms with E-state index in [1.165, 1.54) is 11.1 Å². The van der Waals surface area contributed by atoms with Gasteiger partial charge >= 0.3 is 0 Å². The first-order valence-corrected chi connectivity index (χ1v) is 5.51. The smallest absolute Gasteiger partial charge is 0.173 e. The summed E-state index contributed by atoms with van der Waals surface area (Å²) in [5, 5.41) is 8.82. The minimum Gasteiger partial charge on any atom is -1.00 e. The fraction of sp³-hybridized carbons (Fsp3) is 0.214. The molecule has 2 aromatic rings. The van der Waals surface area contributed by atoms with E-state index in [9.17, 15) is 0 Å². The standard InChI is InChI=1S/C14H16NO.BrH/c16-11-8-13-6-9-15(10-7-13)12-14-4-2-1-3-5-14;/h1-7,9-10,16H,8,11-12H2;1H/q+1;/p-1. The SMILES string of the molecule is OCCc1cc[n+](Cc2ccccc2)cc1.[Br-]. The third-order valence-electron chi connectivity index (χ3n) is 2.57. The lowest BCUT2D eigenvalue weighted by Gasteiger charge is -1.99. The van der Waals surface area contributed by atoms with Crippen LogP contribution in [0.15, 0.2) is 54.9 Å². The number of rotatable bonds is 4. The number of aromatic nitrogens is 1. The average molecular weight is 294 g/mol. The molecular weight excluding hydrogens is 278 g/mol. The molecule has 1 N–H and O–H groups in total. The molecule has 0 radical (unpaired) electrons. The number of halogens is 1. The van der Waals surface area contributed by atoms with E-state index < -0.39 is 0 Å². The average Bonchev–Trinajstić information content (AvgIpc) is 2.33. The summed E-state index contributed by atoms with van der Waals surface area (Å²) in [6, 6.07) is 14.5. The minimum atomic E-state index is 0. The van der Waals surface area contributed by atoms with Crippen molar-refractivity contribution in [1.29, 1.82) is 0 Å². The Bertz CT molecular complexity index is 428. The fourth-order valence-electron chi connectivity index (χ4n) is 1.68. The molecular formula is C14H16BrNO. The summed E-state index contributed by atoms with van der Waals surface area (Å²) in [5.74, 6) is 0. The van der Waals surface area contributed by atoms with Gasteiger partial charge in [0.1, 0.15) is 0 Å². The number of aliphatic hydroxyl groups excluding tert-OH is 1. The van der Waals surface area contributed by atoms with Crippen molar-refractivity contribution >= 4 is 0 Å². The molecule has 90 valence electrons. The first kappa shape index (κ1) is 13.9. The van der Waals surface area contributed by atoms with Crippen LogP contribution >= 0.6 is 0 Å². The Morgan fingerprint density at radius 1 is 0.882 bits per heavy atom. The lowest BCUT2D eigenvalue weighted by atomic mass is 10.2. The molecule has 1 heterocycles. The second-order valence-electron chi connectivity index (χ2n) is 3.84. The van der Waals surface area contributed by atoms with Gasteiger partial charge in [0.15, 0.2) is 18.9 Å². The zero-order chi connectivity index (χ0) is 11.2. The van der Waals surface area contributed by atoms with E-state index >= 15 is 0 Å². The topological polar surface area (TPSA) is 24.1 Å². The minimum absolute atomic E-state index is 0. The van der Waals surface area contributed by atoms with Crippen molar-refractivity contribution in [2.24, 2.45) is 0 Å². The van der Waals surface area contributed by atoms with Gasteiger partial charge in [0, 0.05) is 24.3 Å². The lowest BCUT2D eigenvalue weighted by molar-refractivity contribution is -0.688. The molecule has 0 amide bonds. The number of aliphatic hydroxyl groups is 1. The van der Waals surface area contributed by atoms with Crippen LogP contribution in [0.5, 0.6) is 0 Å². The van der Waals surface area contributed by atoms with Gasteiger partial charge in [0.25, 0.3) is 0 Å². The molecule has 0 aliphatic heterocycles. The first-order chi connectivity index (χ1) is 7.88. The summed E-state index contributed by atoms with van der Waals surface area (Å²) < 4.78 is 2.14. The van der Waals surface area contributed by atoms with Crippen LogP contribution in [0.3, 0.4) is 0 Å². The highest BCUT2D eigenvalue weighted by molar-refractivity contribution is 5.13. The Kier molecular flexibility index (Phi) is 5.87. The quantitative estimate of drug-likeness (QED) is 0.686. The van der Waals surface area contributed by atoms with E-state index in [1.54, 1.807) is 0 Å². The van der Waals surface area contributed by atoms with E-state index in [0.717, 1.165) is 13.0 Å². The molecule has 0 spiro atoms. The second-order valence-corrected chi connectivity index (χ2v) is 3.84. The molecule has 17 heavy (non-hydrogen) atoms. The Morgan fingerprint density at radius 3 is 2.12 bits per heavy atom. The molecule has 0 saturated heterocycles. The lowest BCUT2D eigenvalue weighted by Crippen LogP contribution is -3.00. The maximum Gasteiger partial charge on any atom is 0.173 e. The first-order valence-electron chi connectivity index (χ1n) is 5.51. The van der Waals surface area contributed by atoms with Crippen molar-refractivity contribution in [2.45, 2.75) is 13.0 Å². The number of benzene rings is 1. The van der Waals surface area contributed by atoms with Crippen LogP contribution in [0.1, 0.15) is 11.1 Å². The predicted molar refractivity (Wildman–Crippen MR) is 63.0 cm³/mol. The molecule has 1 aromatic heterocycles. The van der Waals surface area contributed by atoms with Gasteiger partial charge in [-0.1, -0.05) is 30.3 Å². The zero-order valence-corrected chi connectivity index (χ0v) is 11.2. The Hall–Kier alpha value is -1.19. The van der Waals surface area contributed by atoms with Gasteiger partial charge in [-0.3, -0.25) is 0 Å². The van der Waals surface area contributed by atoms with E-state index in [-0.39, 0.29) is 23.6 Å². The van der Waals surface area contributed by atoms with Crippen molar-refractivity contribution in [2.75, 3.05) is 6.61 Å². The Balaban J connectivity index is 0.00000144. The molecule has 0 unspecified atom stereocenters. The highest BCUT2D eigenvalue weighted by Gasteiger charge is 2.01. The molecule has 1 aromatic carbocycles. The number of nitrogens with zero attached hydrogens (tertiary/aromatic N) is 1. The van der Waals surface area contributed by atoms with Crippen molar-refractivity contribution in [1.82, 2.24) is 0 Å². The number of hydrogen-bond acceptors (Lipinski definition) is 1. The molecule has 0 fully saturated rings. The Morgan fingerprint density at radius 2 is 1.53 bits per heavy atom. The second kappa shape index (κ2) is 7.20. The van der Waals surface area contributed by atoms with Gasteiger partial charge in [-0.2, -0.15) is 0 Å². The molecule has 2 nitrogen and oxygen atoms in total. The van der Waals surface area contributed by atoms with Crippen LogP contribution in [0.25, 0.3) is 0 Å². The summed E-state index contributed by atoms with van der Waals surface area (Å²) >= 11 is 0. The number of hydrogen-bond donors (Lipinski definition) is 1. The third-order valence-corrected chi connectivity index (χ3v) is 2.57. The van der Waals surface area contributed by atoms with E-state index in [0.29, 0.717) is 0 Å². The number of pyridine rings is 1. The summed E-state index contributed by atoms with van der Waals surface area (Å²) in [7, 11) is 0. The van der Waals surface area contributed by atoms with Crippen LogP contribution in [0.2, 0.25) is 0 Å². The summed E-state index contributed by atoms with van der Waals surface area (Å²) in [4.78, 5) is 0. The summed E-state index contributed by atoms with van der Waals surface area (Å²) in [6.07, 6.45) is 4.84. The zero-order valence-electron chi connectivity index (χ0n) is 9.59. The normalized spacial score (nSPS) is 9.71. The van der Waals surface area contributed by atoms with Gasteiger partial charge in [-0.15, -0.1) is 0 Å². The van der Waals surface area contributed by atoms with Gasteiger partial charge in [0.2, 0.25) is 0 Å². The molecule has 0 aliphatic rings. The molecule has 0 aliphatic carbocycles. The fourth-order valence-corrected chi connectivity index (χ4v) is 1.68. The van der Waals surface area contributed by atoms with Crippen molar-refractivity contribution < 1.29 is 26.7 Å². The highest BCUT2D eigenvalue weighted by atomic mass is 79.9. The van der Waals surface area contributed by atoms with Crippen LogP contribution < -0.4 is 21.5 Å². The largest absolute Gasteiger partial charge is 1.00 e. The molecule has 0 saturated carbocycles. The third kappa shape index (κ3) is 4.29. The summed E-state index contributed by atoms with van der Waals surface area (Å²) in [6.45, 7) is 1.10. The Labute approximate surface area is 112 Å². The van der Waals surface area contributed by atoms with Crippen LogP contribution in [0.4, 0.5) is 0 Å². The molecule has 0 bridgehead atoms. The monoisotopic (exact) mass is 293 g/mol. The predicted octanol–water partition coefficient (Wildman–Crippen LogP) is -1.44. The maximum absolute atomic E-state index is 8.82. The van der Waals surface area contributed by atoms with Gasteiger partial charge in [-0.05, 0) is 12.0 Å². The molecule has 3 heteroatoms. The van der Waals surface area contributed by atoms with E-state index in [1.807, 2.05) is 6.07 Å². The highest BCUT2D eigenvalue weighted by Crippen LogP contribution is 1.99. The van der Waals surface area contributed by atoms with Gasteiger partial charge in [-0.25, -0.2) is 4.57 Å². The van der Waals surface area contributed by atoms with E-state index in [2.05, 4.69) is 53.4 Å². The van der Waals surface area contributed by atoms with Gasteiger partial charge in [0.05, 0.1) is 0 Å².